The molecule has 2 heterocycles. The van der Waals surface area contributed by atoms with Crippen molar-refractivity contribution >= 4 is 23.0 Å². The number of nitrogens with one attached hydrogen (secondary N) is 1. The SMILES string of the molecule is Cc1ccc(CCNC(=O)[C@H]2CCCN(c3nc4ccccc4o3)C2)cc1. The van der Waals surface area contributed by atoms with E-state index in [1.165, 1.54) is 11.1 Å². The minimum absolute atomic E-state index is 0.0215. The van der Waals surface area contributed by atoms with Crippen molar-refractivity contribution in [1.29, 1.82) is 0 Å². The van der Waals surface area contributed by atoms with Crippen LogP contribution in [0.2, 0.25) is 0 Å². The van der Waals surface area contributed by atoms with Gasteiger partial charge in [0, 0.05) is 19.6 Å². The van der Waals surface area contributed by atoms with Gasteiger partial charge in [-0.05, 0) is 43.9 Å². The van der Waals surface area contributed by atoms with E-state index in [1.807, 2.05) is 24.3 Å². The molecule has 1 N–H and O–H groups in total. The Morgan fingerprint density at radius 3 is 2.85 bits per heavy atom. The fraction of sp³-hybridized carbons (Fsp3) is 0.364. The van der Waals surface area contributed by atoms with Gasteiger partial charge < -0.3 is 14.6 Å². The highest BCUT2D eigenvalue weighted by Crippen LogP contribution is 2.26. The van der Waals surface area contributed by atoms with Crippen molar-refractivity contribution in [3.63, 3.8) is 0 Å². The van der Waals surface area contributed by atoms with Gasteiger partial charge in [0.15, 0.2) is 5.58 Å². The minimum atomic E-state index is -0.0215. The van der Waals surface area contributed by atoms with Gasteiger partial charge in [-0.15, -0.1) is 0 Å². The van der Waals surface area contributed by atoms with Gasteiger partial charge in [-0.1, -0.05) is 42.0 Å². The molecule has 5 heteroatoms. The van der Waals surface area contributed by atoms with Gasteiger partial charge in [-0.3, -0.25) is 4.79 Å². The van der Waals surface area contributed by atoms with E-state index in [1.54, 1.807) is 0 Å². The maximum Gasteiger partial charge on any atom is 0.298 e. The highest BCUT2D eigenvalue weighted by molar-refractivity contribution is 5.79. The van der Waals surface area contributed by atoms with E-state index in [0.717, 1.165) is 36.9 Å². The summed E-state index contributed by atoms with van der Waals surface area (Å²) in [7, 11) is 0. The Kier molecular flexibility index (Phi) is 5.10. The number of hydrogen-bond donors (Lipinski definition) is 1. The second kappa shape index (κ2) is 7.82. The molecule has 5 nitrogen and oxygen atoms in total. The van der Waals surface area contributed by atoms with Gasteiger partial charge in [0.25, 0.3) is 6.01 Å². The molecular formula is C22H25N3O2. The molecule has 0 unspecified atom stereocenters. The number of fused-ring (bicyclic) bond motifs is 1. The summed E-state index contributed by atoms with van der Waals surface area (Å²) in [6, 6.07) is 16.8. The lowest BCUT2D eigenvalue weighted by Gasteiger charge is -2.30. The molecule has 4 rings (SSSR count). The summed E-state index contributed by atoms with van der Waals surface area (Å²) in [5.41, 5.74) is 4.15. The van der Waals surface area contributed by atoms with Gasteiger partial charge in [0.05, 0.1) is 5.92 Å². The Hall–Kier alpha value is -2.82. The molecule has 0 spiro atoms. The molecule has 0 saturated carbocycles. The molecule has 0 radical (unpaired) electrons. The molecule has 0 bridgehead atoms. The lowest BCUT2D eigenvalue weighted by molar-refractivity contribution is -0.125. The number of aromatic nitrogens is 1. The average Bonchev–Trinajstić information content (AvgIpc) is 3.14. The number of anilines is 1. The number of amides is 1. The van der Waals surface area contributed by atoms with Crippen LogP contribution in [0, 0.1) is 12.8 Å². The number of aryl methyl sites for hydroxylation is 1. The third kappa shape index (κ3) is 4.13. The monoisotopic (exact) mass is 363 g/mol. The zero-order valence-corrected chi connectivity index (χ0v) is 15.6. The van der Waals surface area contributed by atoms with Gasteiger partial charge in [0.1, 0.15) is 5.52 Å². The van der Waals surface area contributed by atoms with Gasteiger partial charge in [-0.25, -0.2) is 0 Å². The van der Waals surface area contributed by atoms with Crippen LogP contribution in [0.1, 0.15) is 24.0 Å². The van der Waals surface area contributed by atoms with Crippen molar-refractivity contribution in [2.24, 2.45) is 5.92 Å². The van der Waals surface area contributed by atoms with Crippen LogP contribution in [0.25, 0.3) is 11.1 Å². The van der Waals surface area contributed by atoms with Crippen molar-refractivity contribution in [2.75, 3.05) is 24.5 Å². The molecule has 2 aromatic carbocycles. The van der Waals surface area contributed by atoms with Crippen LogP contribution in [0.5, 0.6) is 0 Å². The molecule has 1 aliphatic heterocycles. The topological polar surface area (TPSA) is 58.4 Å². The first-order valence-corrected chi connectivity index (χ1v) is 9.63. The highest BCUT2D eigenvalue weighted by atomic mass is 16.4. The zero-order chi connectivity index (χ0) is 18.6. The summed E-state index contributed by atoms with van der Waals surface area (Å²) in [6.45, 7) is 4.28. The van der Waals surface area contributed by atoms with Crippen LogP contribution < -0.4 is 10.2 Å². The summed E-state index contributed by atoms with van der Waals surface area (Å²) in [5.74, 6) is 0.106. The number of benzene rings is 2. The molecule has 3 aromatic rings. The number of carbonyl (C=O) groups excluding carboxylic acids is 1. The van der Waals surface area contributed by atoms with E-state index < -0.39 is 0 Å². The van der Waals surface area contributed by atoms with E-state index in [2.05, 4.69) is 46.4 Å². The maximum atomic E-state index is 12.6. The van der Waals surface area contributed by atoms with E-state index in [0.29, 0.717) is 19.1 Å². The summed E-state index contributed by atoms with van der Waals surface area (Å²) in [6.07, 6.45) is 2.73. The first-order valence-electron chi connectivity index (χ1n) is 9.63. The molecule has 1 atom stereocenters. The first-order chi connectivity index (χ1) is 13.2. The molecule has 1 aromatic heterocycles. The van der Waals surface area contributed by atoms with Crippen molar-refractivity contribution in [1.82, 2.24) is 10.3 Å². The second-order valence-corrected chi connectivity index (χ2v) is 7.28. The molecule has 1 aliphatic rings. The standard InChI is InChI=1S/C22H25N3O2/c1-16-8-10-17(11-9-16)12-13-23-21(26)18-5-4-14-25(15-18)22-24-19-6-2-3-7-20(19)27-22/h2-3,6-11,18H,4-5,12-15H2,1H3,(H,23,26)/t18-/m0/s1. The van der Waals surface area contributed by atoms with Crippen molar-refractivity contribution < 1.29 is 9.21 Å². The third-order valence-electron chi connectivity index (χ3n) is 5.18. The predicted octanol–water partition coefficient (Wildman–Crippen LogP) is 3.71. The molecule has 1 saturated heterocycles. The van der Waals surface area contributed by atoms with E-state index in [4.69, 9.17) is 4.42 Å². The van der Waals surface area contributed by atoms with Crippen molar-refractivity contribution in [3.8, 4) is 0 Å². The fourth-order valence-corrected chi connectivity index (χ4v) is 3.59. The average molecular weight is 363 g/mol. The van der Waals surface area contributed by atoms with E-state index in [-0.39, 0.29) is 11.8 Å². The number of nitrogens with zero attached hydrogens (tertiary/aromatic N) is 2. The van der Waals surface area contributed by atoms with Crippen molar-refractivity contribution in [3.05, 3.63) is 59.7 Å². The summed E-state index contributed by atoms with van der Waals surface area (Å²) in [5, 5.41) is 3.10. The number of oxazole rings is 1. The molecule has 1 fully saturated rings. The zero-order valence-electron chi connectivity index (χ0n) is 15.6. The fourth-order valence-electron chi connectivity index (χ4n) is 3.59. The number of piperidine rings is 1. The Bertz CT molecular complexity index is 884. The number of para-hydroxylation sites is 2. The normalized spacial score (nSPS) is 17.2. The molecule has 1 amide bonds. The van der Waals surface area contributed by atoms with Gasteiger partial charge in [-0.2, -0.15) is 4.98 Å². The van der Waals surface area contributed by atoms with Gasteiger partial charge >= 0.3 is 0 Å². The van der Waals surface area contributed by atoms with Gasteiger partial charge in [0.2, 0.25) is 5.91 Å². The number of hydrogen-bond acceptors (Lipinski definition) is 4. The lowest BCUT2D eigenvalue weighted by atomic mass is 9.97. The lowest BCUT2D eigenvalue weighted by Crippen LogP contribution is -2.43. The summed E-state index contributed by atoms with van der Waals surface area (Å²) < 4.78 is 5.87. The van der Waals surface area contributed by atoms with Crippen LogP contribution in [0.3, 0.4) is 0 Å². The number of rotatable bonds is 5. The molecule has 27 heavy (non-hydrogen) atoms. The second-order valence-electron chi connectivity index (χ2n) is 7.28. The Morgan fingerprint density at radius 2 is 2.04 bits per heavy atom. The Labute approximate surface area is 159 Å². The van der Waals surface area contributed by atoms with E-state index >= 15 is 0 Å². The highest BCUT2D eigenvalue weighted by Gasteiger charge is 2.28. The predicted molar refractivity (Wildman–Crippen MR) is 107 cm³/mol. The van der Waals surface area contributed by atoms with Crippen molar-refractivity contribution in [2.45, 2.75) is 26.2 Å². The van der Waals surface area contributed by atoms with Crippen LogP contribution >= 0.6 is 0 Å². The molecule has 140 valence electrons. The quantitative estimate of drug-likeness (QED) is 0.751. The first kappa shape index (κ1) is 17.6. The van der Waals surface area contributed by atoms with E-state index in [9.17, 15) is 4.79 Å². The van der Waals surface area contributed by atoms with Crippen LogP contribution in [-0.4, -0.2) is 30.5 Å². The van der Waals surface area contributed by atoms with Crippen LogP contribution in [0.4, 0.5) is 6.01 Å². The smallest absolute Gasteiger partial charge is 0.298 e. The van der Waals surface area contributed by atoms with Crippen LogP contribution in [0.15, 0.2) is 52.9 Å². The maximum absolute atomic E-state index is 12.6. The Balaban J connectivity index is 1.33. The molecular weight excluding hydrogens is 338 g/mol. The summed E-state index contributed by atoms with van der Waals surface area (Å²) in [4.78, 5) is 19.3. The minimum Gasteiger partial charge on any atom is -0.423 e. The third-order valence-corrected chi connectivity index (χ3v) is 5.18. The molecule has 0 aliphatic carbocycles. The summed E-state index contributed by atoms with van der Waals surface area (Å²) >= 11 is 0. The Morgan fingerprint density at radius 1 is 1.22 bits per heavy atom. The number of carbonyl (C=O) groups is 1. The van der Waals surface area contributed by atoms with Crippen LogP contribution in [-0.2, 0) is 11.2 Å². The largest absolute Gasteiger partial charge is 0.423 e.